The lowest BCUT2D eigenvalue weighted by Crippen LogP contribution is -2.14. The van der Waals surface area contributed by atoms with Crippen LogP contribution >= 0.6 is 0 Å². The Kier molecular flexibility index (Phi) is 4.99. The highest BCUT2D eigenvalue weighted by Crippen LogP contribution is 2.42. The van der Waals surface area contributed by atoms with E-state index in [0.29, 0.717) is 18.2 Å². The molecule has 27 heavy (non-hydrogen) atoms. The Hall–Kier alpha value is -2.98. The van der Waals surface area contributed by atoms with Crippen LogP contribution in [-0.2, 0) is 0 Å². The summed E-state index contributed by atoms with van der Waals surface area (Å²) in [5, 5.41) is 9.86. The number of hydrogen-bond donors (Lipinski definition) is 1. The van der Waals surface area contributed by atoms with Crippen LogP contribution in [0.1, 0.15) is 28.8 Å². The van der Waals surface area contributed by atoms with Crippen molar-refractivity contribution in [1.29, 1.82) is 0 Å². The molecule has 0 bridgehead atoms. The minimum absolute atomic E-state index is 0.0327. The van der Waals surface area contributed by atoms with Gasteiger partial charge in [-0.1, -0.05) is 60.7 Å². The van der Waals surface area contributed by atoms with Gasteiger partial charge in [-0.05, 0) is 29.3 Å². The average molecular weight is 360 g/mol. The van der Waals surface area contributed by atoms with Crippen molar-refractivity contribution in [2.24, 2.45) is 4.99 Å². The Balaban J connectivity index is 1.53. The fraction of sp³-hybridized carbons (Fsp3) is 0.174. The van der Waals surface area contributed by atoms with Crippen LogP contribution in [0.15, 0.2) is 83.9 Å². The van der Waals surface area contributed by atoms with Crippen LogP contribution in [0.3, 0.4) is 0 Å². The van der Waals surface area contributed by atoms with Gasteiger partial charge in [0.05, 0.1) is 12.6 Å². The van der Waals surface area contributed by atoms with Crippen LogP contribution in [0.4, 0.5) is 4.39 Å². The van der Waals surface area contributed by atoms with E-state index < -0.39 is 0 Å². The zero-order chi connectivity index (χ0) is 18.6. The standard InChI is InChI=1S/C23H21FN2O/c24-20-11-12-23(27)19(13-20)14-25-15-21(17-7-3-1-4-8-17)26-16-22(26)18-9-5-2-6-10-18/h1-14,21-22,27H,15-16H2/t21-,22?,26?/m0/s1. The summed E-state index contributed by atoms with van der Waals surface area (Å²) in [6, 6.07) is 25.2. The Morgan fingerprint density at radius 3 is 2.48 bits per heavy atom. The Morgan fingerprint density at radius 2 is 1.74 bits per heavy atom. The molecule has 136 valence electrons. The summed E-state index contributed by atoms with van der Waals surface area (Å²) in [4.78, 5) is 6.93. The maximum atomic E-state index is 13.4. The first-order chi connectivity index (χ1) is 13.2. The lowest BCUT2D eigenvalue weighted by Gasteiger charge is -2.18. The number of hydrogen-bond acceptors (Lipinski definition) is 3. The second kappa shape index (κ2) is 7.72. The number of halogens is 1. The summed E-state index contributed by atoms with van der Waals surface area (Å²) >= 11 is 0. The summed E-state index contributed by atoms with van der Waals surface area (Å²) in [6.45, 7) is 1.54. The van der Waals surface area contributed by atoms with E-state index in [1.165, 1.54) is 29.3 Å². The lowest BCUT2D eigenvalue weighted by molar-refractivity contribution is 0.390. The van der Waals surface area contributed by atoms with Crippen molar-refractivity contribution in [2.45, 2.75) is 12.1 Å². The van der Waals surface area contributed by atoms with Gasteiger partial charge in [0, 0.05) is 24.4 Å². The summed E-state index contributed by atoms with van der Waals surface area (Å²) in [7, 11) is 0. The third-order valence-corrected chi connectivity index (χ3v) is 4.92. The second-order valence-corrected chi connectivity index (χ2v) is 6.75. The Morgan fingerprint density at radius 1 is 1.04 bits per heavy atom. The number of phenolic OH excluding ortho intramolecular Hbond substituents is 1. The maximum Gasteiger partial charge on any atom is 0.124 e. The molecule has 0 saturated carbocycles. The highest BCUT2D eigenvalue weighted by molar-refractivity contribution is 5.83. The van der Waals surface area contributed by atoms with Crippen molar-refractivity contribution in [2.75, 3.05) is 13.1 Å². The molecule has 3 aromatic rings. The Labute approximate surface area is 158 Å². The van der Waals surface area contributed by atoms with Gasteiger partial charge in [-0.3, -0.25) is 9.89 Å². The normalized spacial score (nSPS) is 19.9. The molecule has 1 aliphatic heterocycles. The van der Waals surface area contributed by atoms with Gasteiger partial charge in [0.1, 0.15) is 11.6 Å². The van der Waals surface area contributed by atoms with Crippen molar-refractivity contribution >= 4 is 6.21 Å². The molecule has 1 heterocycles. The molecule has 1 N–H and O–H groups in total. The highest BCUT2D eigenvalue weighted by Gasteiger charge is 2.40. The van der Waals surface area contributed by atoms with E-state index in [0.717, 1.165) is 6.54 Å². The molecule has 0 spiro atoms. The molecule has 1 saturated heterocycles. The smallest absolute Gasteiger partial charge is 0.124 e. The Bertz CT molecular complexity index is 928. The molecule has 3 atom stereocenters. The molecule has 4 heteroatoms. The average Bonchev–Trinajstić information content (AvgIpc) is 3.50. The summed E-state index contributed by atoms with van der Waals surface area (Å²) in [5.74, 6) is -0.353. The van der Waals surface area contributed by atoms with Crippen LogP contribution in [0.25, 0.3) is 0 Å². The molecule has 3 nitrogen and oxygen atoms in total. The number of nitrogens with zero attached hydrogens (tertiary/aromatic N) is 2. The minimum atomic E-state index is -0.385. The van der Waals surface area contributed by atoms with Crippen molar-refractivity contribution in [3.63, 3.8) is 0 Å². The predicted molar refractivity (Wildman–Crippen MR) is 106 cm³/mol. The summed E-state index contributed by atoms with van der Waals surface area (Å²) < 4.78 is 13.4. The molecule has 4 rings (SSSR count). The second-order valence-electron chi connectivity index (χ2n) is 6.75. The predicted octanol–water partition coefficient (Wildman–Crippen LogP) is 4.75. The quantitative estimate of drug-likeness (QED) is 0.509. The third kappa shape index (κ3) is 4.07. The van der Waals surface area contributed by atoms with Gasteiger partial charge in [0.25, 0.3) is 0 Å². The number of aromatic hydroxyl groups is 1. The van der Waals surface area contributed by atoms with Gasteiger partial charge in [-0.2, -0.15) is 0 Å². The van der Waals surface area contributed by atoms with E-state index >= 15 is 0 Å². The van der Waals surface area contributed by atoms with Gasteiger partial charge in [0.2, 0.25) is 0 Å². The fourth-order valence-corrected chi connectivity index (χ4v) is 3.43. The third-order valence-electron chi connectivity index (χ3n) is 4.92. The van der Waals surface area contributed by atoms with Crippen LogP contribution in [0.2, 0.25) is 0 Å². The van der Waals surface area contributed by atoms with E-state index in [2.05, 4.69) is 46.3 Å². The topological polar surface area (TPSA) is 35.6 Å². The van der Waals surface area contributed by atoms with Crippen LogP contribution in [0.5, 0.6) is 5.75 Å². The molecule has 3 aromatic carbocycles. The zero-order valence-electron chi connectivity index (χ0n) is 14.9. The van der Waals surface area contributed by atoms with E-state index in [1.807, 2.05) is 24.3 Å². The van der Waals surface area contributed by atoms with Crippen molar-refractivity contribution in [3.8, 4) is 5.75 Å². The van der Waals surface area contributed by atoms with Gasteiger partial charge in [0.15, 0.2) is 0 Å². The number of rotatable bonds is 6. The number of aliphatic imine (C=N–C) groups is 1. The van der Waals surface area contributed by atoms with E-state index in [4.69, 9.17) is 0 Å². The van der Waals surface area contributed by atoms with Gasteiger partial charge in [-0.25, -0.2) is 4.39 Å². The van der Waals surface area contributed by atoms with Crippen LogP contribution < -0.4 is 0 Å². The molecule has 0 aliphatic carbocycles. The fourth-order valence-electron chi connectivity index (χ4n) is 3.43. The van der Waals surface area contributed by atoms with Crippen molar-refractivity contribution in [3.05, 3.63) is 101 Å². The number of phenols is 1. The molecule has 0 aromatic heterocycles. The summed E-state index contributed by atoms with van der Waals surface area (Å²) in [5.41, 5.74) is 2.91. The summed E-state index contributed by atoms with van der Waals surface area (Å²) in [6.07, 6.45) is 1.55. The minimum Gasteiger partial charge on any atom is -0.507 e. The van der Waals surface area contributed by atoms with E-state index in [-0.39, 0.29) is 17.6 Å². The first-order valence-corrected chi connectivity index (χ1v) is 9.06. The lowest BCUT2D eigenvalue weighted by atomic mass is 10.1. The van der Waals surface area contributed by atoms with Crippen molar-refractivity contribution in [1.82, 2.24) is 4.90 Å². The SMILES string of the molecule is Oc1ccc(F)cc1C=NC[C@@H](c1ccccc1)N1CC1c1ccccc1. The first-order valence-electron chi connectivity index (χ1n) is 9.06. The monoisotopic (exact) mass is 360 g/mol. The maximum absolute atomic E-state index is 13.4. The molecule has 0 radical (unpaired) electrons. The molecule has 1 aliphatic rings. The number of benzene rings is 3. The molecular formula is C23H21FN2O. The largest absolute Gasteiger partial charge is 0.507 e. The first kappa shape index (κ1) is 17.4. The molecule has 0 amide bonds. The van der Waals surface area contributed by atoms with Gasteiger partial charge in [-0.15, -0.1) is 0 Å². The van der Waals surface area contributed by atoms with Crippen LogP contribution in [0, 0.1) is 5.82 Å². The highest BCUT2D eigenvalue weighted by atomic mass is 19.1. The van der Waals surface area contributed by atoms with Gasteiger partial charge >= 0.3 is 0 Å². The van der Waals surface area contributed by atoms with Gasteiger partial charge < -0.3 is 5.11 Å². The van der Waals surface area contributed by atoms with Crippen LogP contribution in [-0.4, -0.2) is 29.3 Å². The molecule has 1 fully saturated rings. The molecular weight excluding hydrogens is 339 g/mol. The van der Waals surface area contributed by atoms with E-state index in [9.17, 15) is 9.50 Å². The van der Waals surface area contributed by atoms with Crippen molar-refractivity contribution < 1.29 is 9.50 Å². The van der Waals surface area contributed by atoms with E-state index in [1.54, 1.807) is 6.21 Å². The zero-order valence-corrected chi connectivity index (χ0v) is 14.9. The molecule has 2 unspecified atom stereocenters.